The number of aliphatic hydroxyl groups excluding tert-OH is 1. The van der Waals surface area contributed by atoms with Crippen molar-refractivity contribution in [1.82, 2.24) is 19.8 Å². The number of aliphatic hydroxyl groups is 1. The van der Waals surface area contributed by atoms with Gasteiger partial charge in [0, 0.05) is 31.4 Å². The Balaban J connectivity index is 1.52. The Labute approximate surface area is 153 Å². The van der Waals surface area contributed by atoms with E-state index >= 15 is 0 Å². The van der Waals surface area contributed by atoms with Crippen LogP contribution in [0.3, 0.4) is 0 Å². The zero-order valence-electron chi connectivity index (χ0n) is 14.9. The molecule has 1 aliphatic rings. The van der Waals surface area contributed by atoms with Crippen molar-refractivity contribution in [2.75, 3.05) is 32.9 Å². The molecule has 3 aromatic rings. The minimum Gasteiger partial charge on any atom is -0.381 e. The van der Waals surface area contributed by atoms with Crippen molar-refractivity contribution in [3.8, 4) is 11.3 Å². The monoisotopic (exact) mass is 348 g/mol. The third kappa shape index (κ3) is 3.90. The quantitative estimate of drug-likeness (QED) is 0.786. The van der Waals surface area contributed by atoms with Gasteiger partial charge in [0.25, 0.3) is 0 Å². The number of aromatic nitrogens is 2. The molecule has 0 bridgehead atoms. The first-order valence-electron chi connectivity index (χ1n) is 9.18. The lowest BCUT2D eigenvalue weighted by Crippen LogP contribution is -2.31. The lowest BCUT2D eigenvalue weighted by molar-refractivity contribution is 0.110. The van der Waals surface area contributed by atoms with Crippen molar-refractivity contribution in [1.29, 1.82) is 0 Å². The van der Waals surface area contributed by atoms with Gasteiger partial charge >= 0.3 is 0 Å². The fourth-order valence-electron chi connectivity index (χ4n) is 3.51. The maximum Gasteiger partial charge on any atom is 0.142 e. The first kappa shape index (κ1) is 17.1. The molecule has 0 unspecified atom stereocenters. The van der Waals surface area contributed by atoms with Crippen molar-refractivity contribution in [2.24, 2.45) is 0 Å². The molecule has 5 nitrogen and oxygen atoms in total. The van der Waals surface area contributed by atoms with Crippen molar-refractivity contribution in [3.05, 3.63) is 60.6 Å². The molecule has 0 saturated carbocycles. The van der Waals surface area contributed by atoms with Gasteiger partial charge in [0.2, 0.25) is 0 Å². The predicted molar refractivity (Wildman–Crippen MR) is 104 cm³/mol. The lowest BCUT2D eigenvalue weighted by atomic mass is 10.1. The Kier molecular flexibility index (Phi) is 5.20. The Hall–Kier alpha value is -2.34. The Morgan fingerprint density at radius 1 is 0.885 bits per heavy atom. The van der Waals surface area contributed by atoms with Crippen LogP contribution in [0.4, 0.5) is 0 Å². The summed E-state index contributed by atoms with van der Waals surface area (Å²) in [6, 6.07) is 16.8. The molecule has 5 heteroatoms. The highest BCUT2D eigenvalue weighted by molar-refractivity contribution is 5.86. The number of rotatable bonds is 4. The normalized spacial score (nSPS) is 16.7. The van der Waals surface area contributed by atoms with Gasteiger partial charge in [-0.25, -0.2) is 9.97 Å². The summed E-state index contributed by atoms with van der Waals surface area (Å²) in [5.41, 5.74) is 2.09. The van der Waals surface area contributed by atoms with E-state index in [0.717, 1.165) is 56.2 Å². The van der Waals surface area contributed by atoms with Crippen LogP contribution in [0.15, 0.2) is 54.7 Å². The summed E-state index contributed by atoms with van der Waals surface area (Å²) in [7, 11) is 0. The first-order chi connectivity index (χ1) is 12.8. The molecule has 2 aromatic carbocycles. The zero-order chi connectivity index (χ0) is 17.8. The van der Waals surface area contributed by atoms with Crippen molar-refractivity contribution in [2.45, 2.75) is 13.0 Å². The SMILES string of the molecule is OCN1CCCN(Cc2nccc(-c3ccc4ccccc4c3)n2)CC1. The molecule has 134 valence electrons. The van der Waals surface area contributed by atoms with Crippen LogP contribution in [0, 0.1) is 0 Å². The van der Waals surface area contributed by atoms with E-state index in [1.165, 1.54) is 10.8 Å². The van der Waals surface area contributed by atoms with Crippen molar-refractivity contribution < 1.29 is 5.11 Å². The van der Waals surface area contributed by atoms with Crippen LogP contribution in [0.2, 0.25) is 0 Å². The molecule has 0 radical (unpaired) electrons. The van der Waals surface area contributed by atoms with Gasteiger partial charge in [-0.3, -0.25) is 9.80 Å². The van der Waals surface area contributed by atoms with Gasteiger partial charge in [0.1, 0.15) is 5.82 Å². The highest BCUT2D eigenvalue weighted by Gasteiger charge is 2.15. The molecule has 0 aliphatic carbocycles. The van der Waals surface area contributed by atoms with E-state index in [4.69, 9.17) is 4.98 Å². The molecule has 1 N–H and O–H groups in total. The third-order valence-electron chi connectivity index (χ3n) is 5.00. The van der Waals surface area contributed by atoms with Crippen LogP contribution in [-0.4, -0.2) is 57.8 Å². The summed E-state index contributed by atoms with van der Waals surface area (Å²) < 4.78 is 0. The average Bonchev–Trinajstić information content (AvgIpc) is 2.93. The molecular weight excluding hydrogens is 324 g/mol. The van der Waals surface area contributed by atoms with Crippen LogP contribution < -0.4 is 0 Å². The largest absolute Gasteiger partial charge is 0.381 e. The van der Waals surface area contributed by atoms with Crippen LogP contribution in [0.1, 0.15) is 12.2 Å². The topological polar surface area (TPSA) is 52.5 Å². The Morgan fingerprint density at radius 2 is 1.69 bits per heavy atom. The summed E-state index contributed by atoms with van der Waals surface area (Å²) >= 11 is 0. The maximum atomic E-state index is 9.31. The van der Waals surface area contributed by atoms with Gasteiger partial charge in [-0.2, -0.15) is 0 Å². The van der Waals surface area contributed by atoms with E-state index in [1.54, 1.807) is 0 Å². The lowest BCUT2D eigenvalue weighted by Gasteiger charge is -2.19. The predicted octanol–water partition coefficient (Wildman–Crippen LogP) is 2.75. The van der Waals surface area contributed by atoms with E-state index in [9.17, 15) is 5.11 Å². The molecular formula is C21H24N4O. The zero-order valence-corrected chi connectivity index (χ0v) is 14.9. The summed E-state index contributed by atoms with van der Waals surface area (Å²) in [6.07, 6.45) is 2.91. The third-order valence-corrected chi connectivity index (χ3v) is 5.00. The van der Waals surface area contributed by atoms with E-state index < -0.39 is 0 Å². The number of benzene rings is 2. The van der Waals surface area contributed by atoms with E-state index in [2.05, 4.69) is 57.2 Å². The molecule has 1 aromatic heterocycles. The number of hydrogen-bond donors (Lipinski definition) is 1. The van der Waals surface area contributed by atoms with Crippen LogP contribution in [0.5, 0.6) is 0 Å². The minimum atomic E-state index is 0.141. The molecule has 1 saturated heterocycles. The van der Waals surface area contributed by atoms with Crippen molar-refractivity contribution in [3.63, 3.8) is 0 Å². The van der Waals surface area contributed by atoms with Gasteiger partial charge in [0.15, 0.2) is 0 Å². The fraction of sp³-hybridized carbons (Fsp3) is 0.333. The van der Waals surface area contributed by atoms with Crippen LogP contribution >= 0.6 is 0 Å². The number of fused-ring (bicyclic) bond motifs is 1. The van der Waals surface area contributed by atoms with Gasteiger partial charge < -0.3 is 5.11 Å². The second kappa shape index (κ2) is 7.91. The second-order valence-electron chi connectivity index (χ2n) is 6.81. The molecule has 26 heavy (non-hydrogen) atoms. The number of hydrogen-bond acceptors (Lipinski definition) is 5. The molecule has 0 amide bonds. The first-order valence-corrected chi connectivity index (χ1v) is 9.18. The highest BCUT2D eigenvalue weighted by atomic mass is 16.3. The summed E-state index contributed by atoms with van der Waals surface area (Å²) in [4.78, 5) is 13.7. The molecule has 1 aliphatic heterocycles. The van der Waals surface area contributed by atoms with Gasteiger partial charge in [-0.15, -0.1) is 0 Å². The molecule has 4 rings (SSSR count). The van der Waals surface area contributed by atoms with Crippen LogP contribution in [-0.2, 0) is 6.54 Å². The van der Waals surface area contributed by atoms with E-state index in [1.807, 2.05) is 12.3 Å². The fourth-order valence-corrected chi connectivity index (χ4v) is 3.51. The average molecular weight is 348 g/mol. The maximum absolute atomic E-state index is 9.31. The minimum absolute atomic E-state index is 0.141. The molecule has 0 atom stereocenters. The van der Waals surface area contributed by atoms with Crippen molar-refractivity contribution >= 4 is 10.8 Å². The van der Waals surface area contributed by atoms with Gasteiger partial charge in [-0.1, -0.05) is 36.4 Å². The van der Waals surface area contributed by atoms with Gasteiger partial charge in [-0.05, 0) is 35.9 Å². The highest BCUT2D eigenvalue weighted by Crippen LogP contribution is 2.23. The van der Waals surface area contributed by atoms with E-state index in [0.29, 0.717) is 0 Å². The van der Waals surface area contributed by atoms with E-state index in [-0.39, 0.29) is 6.73 Å². The summed E-state index contributed by atoms with van der Waals surface area (Å²) in [5.74, 6) is 0.855. The standard InChI is InChI=1S/C21H24N4O/c26-16-25-11-3-10-24(12-13-25)15-21-22-9-8-20(23-21)19-7-6-17-4-1-2-5-18(17)14-19/h1-2,4-9,14,26H,3,10-13,15-16H2. The molecule has 0 spiro atoms. The van der Waals surface area contributed by atoms with Gasteiger partial charge in [0.05, 0.1) is 19.0 Å². The van der Waals surface area contributed by atoms with Crippen LogP contribution in [0.25, 0.3) is 22.0 Å². The Morgan fingerprint density at radius 3 is 2.58 bits per heavy atom. The number of nitrogens with zero attached hydrogens (tertiary/aromatic N) is 4. The summed E-state index contributed by atoms with van der Waals surface area (Å²) in [6.45, 7) is 4.68. The second-order valence-corrected chi connectivity index (χ2v) is 6.81. The Bertz CT molecular complexity index is 883. The summed E-state index contributed by atoms with van der Waals surface area (Å²) in [5, 5.41) is 11.8. The smallest absolute Gasteiger partial charge is 0.142 e. The molecule has 1 fully saturated rings. The molecule has 2 heterocycles.